The third-order valence-electron chi connectivity index (χ3n) is 4.15. The molecule has 0 aliphatic carbocycles. The van der Waals surface area contributed by atoms with Crippen molar-refractivity contribution >= 4 is 0 Å². The molecule has 3 atom stereocenters. The molecule has 0 amide bonds. The fourth-order valence-electron chi connectivity index (χ4n) is 3.22. The highest BCUT2D eigenvalue weighted by atomic mass is 16.5. The molecule has 3 nitrogen and oxygen atoms in total. The number of hydrogen-bond donors (Lipinski definition) is 1. The predicted octanol–water partition coefficient (Wildman–Crippen LogP) is 1.48. The summed E-state index contributed by atoms with van der Waals surface area (Å²) >= 11 is 0. The van der Waals surface area contributed by atoms with Gasteiger partial charge in [0.05, 0.1) is 6.10 Å². The Balaban J connectivity index is 1.81. The highest BCUT2D eigenvalue weighted by molar-refractivity contribution is 4.89. The van der Waals surface area contributed by atoms with E-state index in [1.807, 2.05) is 7.11 Å². The molecule has 2 aliphatic heterocycles. The van der Waals surface area contributed by atoms with Gasteiger partial charge in [0.1, 0.15) is 0 Å². The first-order valence-corrected chi connectivity index (χ1v) is 6.71. The van der Waals surface area contributed by atoms with E-state index in [-0.39, 0.29) is 0 Å². The Kier molecular flexibility index (Phi) is 4.22. The molecule has 3 heteroatoms. The molecule has 0 saturated carbocycles. The Morgan fingerprint density at radius 3 is 2.88 bits per heavy atom. The van der Waals surface area contributed by atoms with Gasteiger partial charge in [0.25, 0.3) is 0 Å². The minimum Gasteiger partial charge on any atom is -0.380 e. The highest BCUT2D eigenvalue weighted by Gasteiger charge is 2.31. The van der Waals surface area contributed by atoms with Crippen molar-refractivity contribution in [2.45, 2.75) is 51.3 Å². The molecular formula is C13H26N2O. The smallest absolute Gasteiger partial charge is 0.0711 e. The molecule has 0 aromatic rings. The molecule has 0 spiro atoms. The number of hydrogen-bond acceptors (Lipinski definition) is 3. The minimum atomic E-state index is 0.435. The Hall–Kier alpha value is -0.120. The fourth-order valence-corrected chi connectivity index (χ4v) is 3.22. The van der Waals surface area contributed by atoms with Crippen LogP contribution in [0.1, 0.15) is 33.1 Å². The van der Waals surface area contributed by atoms with Gasteiger partial charge < -0.3 is 10.1 Å². The first-order valence-electron chi connectivity index (χ1n) is 6.71. The Labute approximate surface area is 99.5 Å². The van der Waals surface area contributed by atoms with E-state index in [0.29, 0.717) is 12.1 Å². The zero-order valence-corrected chi connectivity index (χ0v) is 10.9. The number of nitrogens with one attached hydrogen (secondary N) is 1. The van der Waals surface area contributed by atoms with Gasteiger partial charge in [-0.2, -0.15) is 0 Å². The Morgan fingerprint density at radius 1 is 1.44 bits per heavy atom. The van der Waals surface area contributed by atoms with E-state index in [9.17, 15) is 0 Å². The van der Waals surface area contributed by atoms with Gasteiger partial charge in [0.2, 0.25) is 0 Å². The van der Waals surface area contributed by atoms with E-state index in [1.54, 1.807) is 0 Å². The maximum Gasteiger partial charge on any atom is 0.0711 e. The van der Waals surface area contributed by atoms with Crippen molar-refractivity contribution in [3.8, 4) is 0 Å². The highest BCUT2D eigenvalue weighted by Crippen LogP contribution is 2.24. The lowest BCUT2D eigenvalue weighted by Crippen LogP contribution is -2.42. The lowest BCUT2D eigenvalue weighted by molar-refractivity contribution is 0.114. The zero-order chi connectivity index (χ0) is 11.5. The van der Waals surface area contributed by atoms with Gasteiger partial charge in [-0.05, 0) is 31.7 Å². The molecule has 2 aliphatic rings. The molecule has 94 valence electrons. The number of likely N-dealkylation sites (tertiary alicyclic amines) is 1. The average molecular weight is 226 g/mol. The molecule has 2 heterocycles. The van der Waals surface area contributed by atoms with Crippen molar-refractivity contribution in [3.63, 3.8) is 0 Å². The second-order valence-corrected chi connectivity index (χ2v) is 5.65. The van der Waals surface area contributed by atoms with Crippen LogP contribution < -0.4 is 5.32 Å². The second kappa shape index (κ2) is 5.48. The van der Waals surface area contributed by atoms with E-state index in [4.69, 9.17) is 4.74 Å². The Morgan fingerprint density at radius 2 is 2.25 bits per heavy atom. The summed E-state index contributed by atoms with van der Waals surface area (Å²) in [5.41, 5.74) is 0. The van der Waals surface area contributed by atoms with E-state index >= 15 is 0 Å². The normalized spacial score (nSPS) is 36.4. The summed E-state index contributed by atoms with van der Waals surface area (Å²) in [5, 5.41) is 3.58. The standard InChI is InChI=1S/C13H26N2O/c1-10(2)13-5-4-6-15(13)9-11-7-12(16-3)8-14-11/h10-14H,4-9H2,1-3H3. The predicted molar refractivity (Wildman–Crippen MR) is 66.6 cm³/mol. The van der Waals surface area contributed by atoms with Crippen molar-refractivity contribution in [1.82, 2.24) is 10.2 Å². The quantitative estimate of drug-likeness (QED) is 0.786. The van der Waals surface area contributed by atoms with Crippen molar-refractivity contribution in [1.29, 1.82) is 0 Å². The second-order valence-electron chi connectivity index (χ2n) is 5.65. The molecule has 0 radical (unpaired) electrons. The molecule has 0 bridgehead atoms. The summed E-state index contributed by atoms with van der Waals surface area (Å²) in [6.07, 6.45) is 4.38. The summed E-state index contributed by atoms with van der Waals surface area (Å²) in [4.78, 5) is 2.68. The van der Waals surface area contributed by atoms with Gasteiger partial charge in [-0.3, -0.25) is 4.90 Å². The molecule has 1 N–H and O–H groups in total. The fraction of sp³-hybridized carbons (Fsp3) is 1.00. The summed E-state index contributed by atoms with van der Waals surface area (Å²) < 4.78 is 5.40. The molecular weight excluding hydrogens is 200 g/mol. The topological polar surface area (TPSA) is 24.5 Å². The van der Waals surface area contributed by atoms with Gasteiger partial charge in [0.15, 0.2) is 0 Å². The molecule has 0 aromatic carbocycles. The van der Waals surface area contributed by atoms with Crippen molar-refractivity contribution < 1.29 is 4.74 Å². The van der Waals surface area contributed by atoms with Crippen LogP contribution in [-0.4, -0.2) is 49.8 Å². The first-order chi connectivity index (χ1) is 7.70. The van der Waals surface area contributed by atoms with Gasteiger partial charge in [-0.15, -0.1) is 0 Å². The third kappa shape index (κ3) is 2.76. The van der Waals surface area contributed by atoms with Crippen LogP contribution in [0.5, 0.6) is 0 Å². The van der Waals surface area contributed by atoms with Crippen LogP contribution in [0.3, 0.4) is 0 Å². The molecule has 2 rings (SSSR count). The largest absolute Gasteiger partial charge is 0.380 e. The average Bonchev–Trinajstić information content (AvgIpc) is 2.87. The van der Waals surface area contributed by atoms with E-state index in [1.165, 1.54) is 32.4 Å². The maximum atomic E-state index is 5.40. The number of rotatable bonds is 4. The van der Waals surface area contributed by atoms with Crippen LogP contribution in [0.4, 0.5) is 0 Å². The van der Waals surface area contributed by atoms with E-state index in [2.05, 4.69) is 24.1 Å². The lowest BCUT2D eigenvalue weighted by atomic mass is 10.0. The zero-order valence-electron chi connectivity index (χ0n) is 10.9. The summed E-state index contributed by atoms with van der Waals surface area (Å²) in [6, 6.07) is 1.45. The number of nitrogens with zero attached hydrogens (tertiary/aromatic N) is 1. The van der Waals surface area contributed by atoms with Crippen LogP contribution in [0.2, 0.25) is 0 Å². The summed E-state index contributed by atoms with van der Waals surface area (Å²) in [7, 11) is 1.82. The monoisotopic (exact) mass is 226 g/mol. The Bertz CT molecular complexity index is 220. The minimum absolute atomic E-state index is 0.435. The van der Waals surface area contributed by atoms with Crippen LogP contribution in [-0.2, 0) is 4.74 Å². The van der Waals surface area contributed by atoms with E-state index in [0.717, 1.165) is 18.5 Å². The molecule has 16 heavy (non-hydrogen) atoms. The van der Waals surface area contributed by atoms with Gasteiger partial charge in [0, 0.05) is 32.3 Å². The molecule has 3 unspecified atom stereocenters. The van der Waals surface area contributed by atoms with Crippen LogP contribution in [0, 0.1) is 5.92 Å². The van der Waals surface area contributed by atoms with Crippen LogP contribution in [0.25, 0.3) is 0 Å². The van der Waals surface area contributed by atoms with Crippen LogP contribution in [0.15, 0.2) is 0 Å². The van der Waals surface area contributed by atoms with E-state index < -0.39 is 0 Å². The van der Waals surface area contributed by atoms with Crippen LogP contribution >= 0.6 is 0 Å². The van der Waals surface area contributed by atoms with Gasteiger partial charge >= 0.3 is 0 Å². The van der Waals surface area contributed by atoms with Crippen molar-refractivity contribution in [2.75, 3.05) is 26.7 Å². The maximum absolute atomic E-state index is 5.40. The van der Waals surface area contributed by atoms with Crippen molar-refractivity contribution in [3.05, 3.63) is 0 Å². The van der Waals surface area contributed by atoms with Crippen molar-refractivity contribution in [2.24, 2.45) is 5.92 Å². The first kappa shape index (κ1) is 12.3. The number of ether oxygens (including phenoxy) is 1. The van der Waals surface area contributed by atoms with Gasteiger partial charge in [-0.1, -0.05) is 13.8 Å². The molecule has 2 saturated heterocycles. The SMILES string of the molecule is COC1CNC(CN2CCCC2C(C)C)C1. The summed E-state index contributed by atoms with van der Waals surface area (Å²) in [6.45, 7) is 8.23. The third-order valence-corrected chi connectivity index (χ3v) is 4.15. The summed E-state index contributed by atoms with van der Waals surface area (Å²) in [5.74, 6) is 0.794. The number of methoxy groups -OCH3 is 1. The molecule has 2 fully saturated rings. The van der Waals surface area contributed by atoms with Gasteiger partial charge in [-0.25, -0.2) is 0 Å². The lowest BCUT2D eigenvalue weighted by Gasteiger charge is -2.29. The molecule has 0 aromatic heterocycles.